The molecule has 3 N–H and O–H groups in total. The molecule has 11 heteroatoms. The quantitative estimate of drug-likeness (QED) is 0.350. The Hall–Kier alpha value is -2.75. The summed E-state index contributed by atoms with van der Waals surface area (Å²) in [6.07, 6.45) is 2.69. The van der Waals surface area contributed by atoms with Crippen molar-refractivity contribution in [1.29, 1.82) is 0 Å². The van der Waals surface area contributed by atoms with Crippen LogP contribution in [0.3, 0.4) is 0 Å². The summed E-state index contributed by atoms with van der Waals surface area (Å²) >= 11 is 11.3. The maximum Gasteiger partial charge on any atom is 0.258 e. The molecule has 2 amide bonds. The molecule has 0 heterocycles. The Morgan fingerprint density at radius 1 is 0.973 bits per heavy atom. The van der Waals surface area contributed by atoms with Gasteiger partial charge in [0.05, 0.1) is 29.1 Å². The summed E-state index contributed by atoms with van der Waals surface area (Å²) < 4.78 is 32.5. The highest BCUT2D eigenvalue weighted by atomic mass is 35.5. The van der Waals surface area contributed by atoms with Crippen molar-refractivity contribution in [3.8, 4) is 5.75 Å². The largest absolute Gasteiger partial charge is 0.484 e. The van der Waals surface area contributed by atoms with Crippen molar-refractivity contribution in [3.63, 3.8) is 0 Å². The van der Waals surface area contributed by atoms with E-state index in [9.17, 15) is 28.3 Å². The highest BCUT2D eigenvalue weighted by Gasteiger charge is 2.36. The summed E-state index contributed by atoms with van der Waals surface area (Å²) in [6.45, 7) is -0.718. The number of hydrogen-bond donors (Lipinski definition) is 3. The first kappa shape index (κ1) is 28.8. The fourth-order valence-electron chi connectivity index (χ4n) is 4.42. The predicted molar refractivity (Wildman–Crippen MR) is 135 cm³/mol. The van der Waals surface area contributed by atoms with Gasteiger partial charge >= 0.3 is 0 Å². The lowest BCUT2D eigenvalue weighted by Crippen LogP contribution is -2.53. The number of aliphatic hydroxyl groups excluding tert-OH is 1. The van der Waals surface area contributed by atoms with Gasteiger partial charge in [-0.05, 0) is 49.6 Å². The van der Waals surface area contributed by atoms with Gasteiger partial charge in [0.2, 0.25) is 5.91 Å². The third kappa shape index (κ3) is 8.66. The van der Waals surface area contributed by atoms with E-state index in [2.05, 4.69) is 10.6 Å². The van der Waals surface area contributed by atoms with Gasteiger partial charge in [-0.2, -0.15) is 0 Å². The minimum absolute atomic E-state index is 0.0563. The molecule has 0 radical (unpaired) electrons. The molecule has 2 aromatic carbocycles. The number of rotatable bonds is 11. The lowest BCUT2D eigenvalue weighted by Gasteiger charge is -2.39. The van der Waals surface area contributed by atoms with E-state index in [4.69, 9.17) is 27.9 Å². The van der Waals surface area contributed by atoms with Gasteiger partial charge in [0.15, 0.2) is 12.4 Å². The average molecular weight is 557 g/mol. The van der Waals surface area contributed by atoms with Gasteiger partial charge in [0.1, 0.15) is 17.4 Å². The molecule has 200 valence electrons. The molecule has 7 nitrogen and oxygen atoms in total. The summed E-state index contributed by atoms with van der Waals surface area (Å²) in [5, 5.41) is 15.8. The number of ether oxygens (including phenoxy) is 1. The fraction of sp³-hybridized carbons (Fsp3) is 0.423. The highest BCUT2D eigenvalue weighted by molar-refractivity contribution is 6.31. The highest BCUT2D eigenvalue weighted by Crippen LogP contribution is 2.33. The van der Waals surface area contributed by atoms with Crippen LogP contribution in [0.4, 0.5) is 8.78 Å². The maximum absolute atomic E-state index is 13.6. The van der Waals surface area contributed by atoms with Crippen LogP contribution in [0, 0.1) is 11.6 Å². The molecule has 1 fully saturated rings. The van der Waals surface area contributed by atoms with Crippen LogP contribution in [0.5, 0.6) is 5.75 Å². The molecule has 0 saturated heterocycles. The summed E-state index contributed by atoms with van der Waals surface area (Å²) in [5.41, 5.74) is -0.657. The Bertz CT molecular complexity index is 1140. The molecule has 1 saturated carbocycles. The van der Waals surface area contributed by atoms with E-state index in [1.165, 1.54) is 24.3 Å². The number of benzene rings is 2. The van der Waals surface area contributed by atoms with E-state index < -0.39 is 40.9 Å². The number of aliphatic hydroxyl groups is 1. The number of nitrogens with one attached hydrogen (secondary N) is 2. The average Bonchev–Trinajstić information content (AvgIpc) is 2.85. The van der Waals surface area contributed by atoms with E-state index in [1.807, 2.05) is 0 Å². The van der Waals surface area contributed by atoms with Crippen LogP contribution in [0.15, 0.2) is 36.4 Å². The predicted octanol–water partition coefficient (Wildman–Crippen LogP) is 4.61. The number of hydrogen-bond acceptors (Lipinski definition) is 5. The number of carbonyl (C=O) groups is 3. The van der Waals surface area contributed by atoms with Crippen LogP contribution in [0.1, 0.15) is 55.3 Å². The first-order valence-electron chi connectivity index (χ1n) is 11.9. The van der Waals surface area contributed by atoms with Crippen molar-refractivity contribution in [1.82, 2.24) is 10.6 Å². The topological polar surface area (TPSA) is 105 Å². The molecule has 0 aromatic heterocycles. The van der Waals surface area contributed by atoms with Gasteiger partial charge in [0.25, 0.3) is 5.91 Å². The van der Waals surface area contributed by atoms with Crippen molar-refractivity contribution < 1.29 is 33.0 Å². The Kier molecular flexibility index (Phi) is 10.3. The van der Waals surface area contributed by atoms with Gasteiger partial charge in [-0.15, -0.1) is 0 Å². The van der Waals surface area contributed by atoms with Crippen LogP contribution < -0.4 is 15.4 Å². The molecule has 0 spiro atoms. The van der Waals surface area contributed by atoms with Gasteiger partial charge in [0, 0.05) is 17.2 Å². The second-order valence-corrected chi connectivity index (χ2v) is 9.96. The number of carbonyl (C=O) groups excluding carboxylic acids is 3. The normalized spacial score (nSPS) is 15.5. The summed E-state index contributed by atoms with van der Waals surface area (Å²) in [4.78, 5) is 37.1. The second kappa shape index (κ2) is 13.2. The number of halogens is 4. The van der Waals surface area contributed by atoms with E-state index in [-0.39, 0.29) is 47.4 Å². The van der Waals surface area contributed by atoms with Crippen molar-refractivity contribution in [2.75, 3.05) is 13.2 Å². The van der Waals surface area contributed by atoms with Crippen molar-refractivity contribution in [2.45, 2.75) is 56.6 Å². The molecule has 0 bridgehead atoms. The lowest BCUT2D eigenvalue weighted by atomic mass is 9.77. The van der Waals surface area contributed by atoms with E-state index >= 15 is 0 Å². The zero-order valence-electron chi connectivity index (χ0n) is 20.0. The molecule has 0 unspecified atom stereocenters. The van der Waals surface area contributed by atoms with Gasteiger partial charge in [-0.3, -0.25) is 14.4 Å². The van der Waals surface area contributed by atoms with Crippen molar-refractivity contribution in [3.05, 3.63) is 63.6 Å². The zero-order chi connectivity index (χ0) is 27.0. The summed E-state index contributed by atoms with van der Waals surface area (Å²) in [5.74, 6) is -2.74. The summed E-state index contributed by atoms with van der Waals surface area (Å²) in [6, 6.07) is 7.47. The van der Waals surface area contributed by atoms with Crippen molar-refractivity contribution >= 4 is 40.8 Å². The Balaban J connectivity index is 1.50. The van der Waals surface area contributed by atoms with E-state index in [0.29, 0.717) is 12.8 Å². The molecule has 2 aromatic rings. The SMILES string of the molecule is O=C(C[C@@H](O)CC1(NC(=O)COc2ccc(Cl)c(F)c2)CCCCC1)NCC(=O)c1ccc(Cl)c(F)c1. The van der Waals surface area contributed by atoms with E-state index in [1.54, 1.807) is 0 Å². The minimum Gasteiger partial charge on any atom is -0.484 e. The standard InChI is InChI=1S/C26H28Cl2F2N2O5/c27-19-6-4-16(10-21(19)29)23(34)14-31-24(35)11-17(33)13-26(8-2-1-3-9-26)32-25(36)15-37-18-5-7-20(28)22(30)12-18/h4-7,10,12,17,33H,1-3,8-9,11,13-15H2,(H,31,35)(H,32,36)/t17-/m1/s1. The Labute approximate surface area is 223 Å². The Morgan fingerprint density at radius 2 is 1.62 bits per heavy atom. The van der Waals surface area contributed by atoms with Crippen LogP contribution in [0.2, 0.25) is 10.0 Å². The van der Waals surface area contributed by atoms with Crippen LogP contribution in [-0.4, -0.2) is 47.5 Å². The van der Waals surface area contributed by atoms with Gasteiger partial charge in [-0.1, -0.05) is 42.5 Å². The second-order valence-electron chi connectivity index (χ2n) is 9.14. The fourth-order valence-corrected chi connectivity index (χ4v) is 4.65. The molecular weight excluding hydrogens is 529 g/mol. The maximum atomic E-state index is 13.6. The number of amides is 2. The first-order chi connectivity index (χ1) is 17.6. The molecule has 3 rings (SSSR count). The molecule has 0 aliphatic heterocycles. The van der Waals surface area contributed by atoms with Crippen LogP contribution in [0.25, 0.3) is 0 Å². The zero-order valence-corrected chi connectivity index (χ0v) is 21.5. The van der Waals surface area contributed by atoms with Gasteiger partial charge < -0.3 is 20.5 Å². The molecular formula is C26H28Cl2F2N2O5. The van der Waals surface area contributed by atoms with Crippen LogP contribution >= 0.6 is 23.2 Å². The minimum atomic E-state index is -1.08. The van der Waals surface area contributed by atoms with Crippen molar-refractivity contribution in [2.24, 2.45) is 0 Å². The molecule has 37 heavy (non-hydrogen) atoms. The third-order valence-corrected chi connectivity index (χ3v) is 6.82. The monoisotopic (exact) mass is 556 g/mol. The Morgan fingerprint density at radius 3 is 2.27 bits per heavy atom. The molecule has 1 atom stereocenters. The van der Waals surface area contributed by atoms with E-state index in [0.717, 1.165) is 31.4 Å². The summed E-state index contributed by atoms with van der Waals surface area (Å²) in [7, 11) is 0. The third-order valence-electron chi connectivity index (χ3n) is 6.21. The lowest BCUT2D eigenvalue weighted by molar-refractivity contribution is -0.126. The molecule has 1 aliphatic carbocycles. The van der Waals surface area contributed by atoms with Crippen LogP contribution in [-0.2, 0) is 9.59 Å². The van der Waals surface area contributed by atoms with Gasteiger partial charge in [-0.25, -0.2) is 8.78 Å². The molecule has 1 aliphatic rings. The smallest absolute Gasteiger partial charge is 0.258 e. The number of Topliss-reactive ketones (excluding diaryl/α,β-unsaturated/α-hetero) is 1. The first-order valence-corrected chi connectivity index (χ1v) is 12.6. The number of ketones is 1.